The molecule has 0 aliphatic heterocycles. The van der Waals surface area contributed by atoms with E-state index in [1.807, 2.05) is 41.5 Å². The van der Waals surface area contributed by atoms with Crippen molar-refractivity contribution in [3.8, 4) is 0 Å². The van der Waals surface area contributed by atoms with Crippen molar-refractivity contribution in [2.75, 3.05) is 39.3 Å². The van der Waals surface area contributed by atoms with E-state index in [-0.39, 0.29) is 27.2 Å². The summed E-state index contributed by atoms with van der Waals surface area (Å²) in [7, 11) is 0. The van der Waals surface area contributed by atoms with Crippen LogP contribution in [0.4, 0.5) is 0 Å². The number of hydrogen-bond donors (Lipinski definition) is 6. The summed E-state index contributed by atoms with van der Waals surface area (Å²) in [4.78, 5) is 0. The molecule has 0 atom stereocenters. The van der Waals surface area contributed by atoms with Crippen molar-refractivity contribution < 1.29 is 42.8 Å². The van der Waals surface area contributed by atoms with Crippen LogP contribution < -0.4 is 16.3 Å². The molecule has 23 heavy (non-hydrogen) atoms. The Labute approximate surface area is 155 Å². The molecule has 8 N–H and O–H groups in total. The van der Waals surface area contributed by atoms with E-state index in [4.69, 9.17) is 15.6 Å². The normalized spacial score (nSPS) is 9.39. The van der Waals surface area contributed by atoms with Gasteiger partial charge in [-0.05, 0) is 20.8 Å². The molecular formula is C12H38N6O4Ti. The first kappa shape index (κ1) is 34.6. The molecule has 0 saturated carbocycles. The van der Waals surface area contributed by atoms with Crippen molar-refractivity contribution in [3.05, 3.63) is 0 Å². The molecule has 0 aliphatic carbocycles. The number of nitrogens with one attached hydrogen (secondary N) is 3. The largest absolute Gasteiger partial charge is 0.412 e. The number of nitrogens with zero attached hydrogens (tertiary/aromatic N) is 3. The molecule has 11 heteroatoms. The van der Waals surface area contributed by atoms with Gasteiger partial charge in [-0.2, -0.15) is 0 Å². The Morgan fingerprint density at radius 2 is 0.739 bits per heavy atom. The fraction of sp³-hybridized carbons (Fsp3) is 1.00. The first-order valence-corrected chi connectivity index (χ1v) is 7.52. The topological polar surface area (TPSA) is 138 Å². The van der Waals surface area contributed by atoms with Gasteiger partial charge in [-0.3, -0.25) is 15.6 Å². The maximum Gasteiger partial charge on any atom is 0.0370 e. The summed E-state index contributed by atoms with van der Waals surface area (Å²) in [5.41, 5.74) is 8.05. The van der Waals surface area contributed by atoms with Crippen LogP contribution in [0.5, 0.6) is 0 Å². The summed E-state index contributed by atoms with van der Waals surface area (Å²) < 4.78 is 0. The van der Waals surface area contributed by atoms with Gasteiger partial charge >= 0.3 is 0 Å². The molecule has 0 saturated heterocycles. The van der Waals surface area contributed by atoms with Crippen LogP contribution in [-0.2, 0) is 21.7 Å². The Morgan fingerprint density at radius 1 is 0.565 bits per heavy atom. The van der Waals surface area contributed by atoms with E-state index < -0.39 is 0 Å². The zero-order chi connectivity index (χ0) is 17.1. The van der Waals surface area contributed by atoms with Gasteiger partial charge in [-0.15, -0.1) is 15.5 Å². The molecule has 0 bridgehead atoms. The number of hydroxylamine groups is 3. The van der Waals surface area contributed by atoms with Gasteiger partial charge in [0.2, 0.25) is 0 Å². The van der Waals surface area contributed by atoms with Crippen LogP contribution in [0.2, 0.25) is 0 Å². The molecule has 0 radical (unpaired) electrons. The monoisotopic (exact) mass is 378 g/mol. The summed E-state index contributed by atoms with van der Waals surface area (Å²) in [5, 5.41) is 28.9. The third-order valence-corrected chi connectivity index (χ3v) is 1.92. The van der Waals surface area contributed by atoms with Gasteiger partial charge in [0.05, 0.1) is 0 Å². The van der Waals surface area contributed by atoms with Crippen molar-refractivity contribution in [1.29, 1.82) is 0 Å². The molecule has 0 aromatic carbocycles. The minimum atomic E-state index is 0. The standard InChI is InChI=1S/3C4H12N2O.H2O.Ti/c3*1-3-5-6(7)4-2;;/h3*5,7H,3-4H2,1-2H3;1H2;. The average Bonchev–Trinajstić information content (AvgIpc) is 2.49. The third-order valence-electron chi connectivity index (χ3n) is 1.92. The zero-order valence-electron chi connectivity index (χ0n) is 15.4. The second kappa shape index (κ2) is 30.2. The van der Waals surface area contributed by atoms with Crippen LogP contribution in [-0.4, -0.2) is 75.9 Å². The van der Waals surface area contributed by atoms with Gasteiger partial charge in [0.15, 0.2) is 0 Å². The fourth-order valence-electron chi connectivity index (χ4n) is 0.883. The SMILES string of the molecule is CCNN(O)CC.CCNN(O)CC.CCNN(O)CC.O.[Ti]. The van der Waals surface area contributed by atoms with Gasteiger partial charge in [0.1, 0.15) is 0 Å². The van der Waals surface area contributed by atoms with Crippen molar-refractivity contribution in [2.45, 2.75) is 41.5 Å². The Balaban J connectivity index is -0.0000000675. The molecule has 0 rings (SSSR count). The second-order valence-corrected chi connectivity index (χ2v) is 3.68. The predicted molar refractivity (Wildman–Crippen MR) is 87.1 cm³/mol. The van der Waals surface area contributed by atoms with E-state index in [0.717, 1.165) is 35.2 Å². The minimum Gasteiger partial charge on any atom is -0.412 e. The maximum absolute atomic E-state index is 8.58. The number of hydrazine groups is 3. The molecule has 0 amide bonds. The zero-order valence-corrected chi connectivity index (χ0v) is 17.0. The van der Waals surface area contributed by atoms with Crippen LogP contribution in [0.3, 0.4) is 0 Å². The van der Waals surface area contributed by atoms with E-state index >= 15 is 0 Å². The fourth-order valence-corrected chi connectivity index (χ4v) is 0.883. The van der Waals surface area contributed by atoms with E-state index in [9.17, 15) is 0 Å². The van der Waals surface area contributed by atoms with Gasteiger partial charge < -0.3 is 5.48 Å². The Kier molecular flexibility index (Phi) is 45.5. The maximum atomic E-state index is 8.58. The van der Waals surface area contributed by atoms with Crippen LogP contribution >= 0.6 is 0 Å². The number of rotatable bonds is 9. The van der Waals surface area contributed by atoms with Crippen LogP contribution in [0.25, 0.3) is 0 Å². The molecule has 0 fully saturated rings. The summed E-state index contributed by atoms with van der Waals surface area (Å²) in [6, 6.07) is 0. The quantitative estimate of drug-likeness (QED) is 0.239. The van der Waals surface area contributed by atoms with E-state index in [1.54, 1.807) is 0 Å². The Morgan fingerprint density at radius 3 is 0.783 bits per heavy atom. The molecule has 0 heterocycles. The predicted octanol–water partition coefficient (Wildman–Crippen LogP) is -0.161. The number of hydrogen-bond acceptors (Lipinski definition) is 9. The minimum absolute atomic E-state index is 0. The van der Waals surface area contributed by atoms with Gasteiger partial charge in [0, 0.05) is 61.0 Å². The van der Waals surface area contributed by atoms with Gasteiger partial charge in [0.25, 0.3) is 0 Å². The average molecular weight is 378 g/mol. The summed E-state index contributed by atoms with van der Waals surface area (Å²) in [6.45, 7) is 15.5. The van der Waals surface area contributed by atoms with Crippen molar-refractivity contribution in [2.24, 2.45) is 0 Å². The van der Waals surface area contributed by atoms with E-state index in [2.05, 4.69) is 16.3 Å². The molecule has 0 aromatic heterocycles. The first-order valence-electron chi connectivity index (χ1n) is 7.52. The summed E-state index contributed by atoms with van der Waals surface area (Å²) in [6.07, 6.45) is 0. The summed E-state index contributed by atoms with van der Waals surface area (Å²) in [5.74, 6) is 0. The molecule has 0 aliphatic rings. The first-order chi connectivity index (χ1) is 9.92. The Bertz CT molecular complexity index is 159. The molecule has 0 spiro atoms. The molecule has 10 nitrogen and oxygen atoms in total. The van der Waals surface area contributed by atoms with E-state index in [1.165, 1.54) is 0 Å². The summed E-state index contributed by atoms with van der Waals surface area (Å²) >= 11 is 0. The molecule has 0 unspecified atom stereocenters. The van der Waals surface area contributed by atoms with Crippen LogP contribution in [0.15, 0.2) is 0 Å². The van der Waals surface area contributed by atoms with Crippen molar-refractivity contribution >= 4 is 0 Å². The van der Waals surface area contributed by atoms with Gasteiger partial charge in [-0.1, -0.05) is 20.8 Å². The van der Waals surface area contributed by atoms with Crippen LogP contribution in [0.1, 0.15) is 41.5 Å². The van der Waals surface area contributed by atoms with Crippen LogP contribution in [0, 0.1) is 0 Å². The van der Waals surface area contributed by atoms with Crippen molar-refractivity contribution in [1.82, 2.24) is 31.8 Å². The smallest absolute Gasteiger partial charge is 0.0370 e. The third kappa shape index (κ3) is 39.3. The molecule has 144 valence electrons. The van der Waals surface area contributed by atoms with Crippen molar-refractivity contribution in [3.63, 3.8) is 0 Å². The Hall–Kier alpha value is 0.314. The van der Waals surface area contributed by atoms with E-state index in [0.29, 0.717) is 19.6 Å². The second-order valence-electron chi connectivity index (χ2n) is 3.68. The molecular weight excluding hydrogens is 340 g/mol. The molecule has 0 aromatic rings. The van der Waals surface area contributed by atoms with Gasteiger partial charge in [-0.25, -0.2) is 16.3 Å².